The summed E-state index contributed by atoms with van der Waals surface area (Å²) in [6.07, 6.45) is -2.71. The van der Waals surface area contributed by atoms with E-state index in [1.54, 1.807) is 24.3 Å². The van der Waals surface area contributed by atoms with Crippen molar-refractivity contribution in [2.75, 3.05) is 6.61 Å². The number of amides is 2. The molecule has 0 radical (unpaired) electrons. The van der Waals surface area contributed by atoms with Crippen LogP contribution in [0.4, 0.5) is 18.0 Å². The summed E-state index contributed by atoms with van der Waals surface area (Å²) in [5.41, 5.74) is 0.759. The van der Waals surface area contributed by atoms with Gasteiger partial charge in [-0.2, -0.15) is 13.2 Å². The topological polar surface area (TPSA) is 81.6 Å². The van der Waals surface area contributed by atoms with Gasteiger partial charge in [0.25, 0.3) is 0 Å². The van der Waals surface area contributed by atoms with E-state index in [4.69, 9.17) is 0 Å². The monoisotopic (exact) mass is 436 g/mol. The Bertz CT molecular complexity index is 843. The van der Waals surface area contributed by atoms with Gasteiger partial charge in [-0.15, -0.1) is 0 Å². The van der Waals surface area contributed by atoms with E-state index in [-0.39, 0.29) is 25.0 Å². The number of hydrogen-bond acceptors (Lipinski definition) is 3. The smallest absolute Gasteiger partial charge is 0.394 e. The maximum Gasteiger partial charge on any atom is 0.416 e. The molecule has 0 heterocycles. The highest BCUT2D eigenvalue weighted by molar-refractivity contribution is 5.74. The van der Waals surface area contributed by atoms with Gasteiger partial charge in [-0.05, 0) is 42.5 Å². The van der Waals surface area contributed by atoms with E-state index in [0.29, 0.717) is 5.56 Å². The molecule has 0 aromatic heterocycles. The summed E-state index contributed by atoms with van der Waals surface area (Å²) >= 11 is 0. The second kappa shape index (κ2) is 10.2. The molecule has 4 atom stereocenters. The van der Waals surface area contributed by atoms with Crippen LogP contribution in [-0.2, 0) is 6.18 Å². The van der Waals surface area contributed by atoms with Gasteiger partial charge in [0.15, 0.2) is 0 Å². The van der Waals surface area contributed by atoms with Gasteiger partial charge in [0.2, 0.25) is 0 Å². The highest BCUT2D eigenvalue weighted by Gasteiger charge is 2.33. The van der Waals surface area contributed by atoms with Crippen molar-refractivity contribution >= 4 is 6.03 Å². The maximum atomic E-state index is 12.8. The van der Waals surface area contributed by atoms with E-state index in [2.05, 4.69) is 10.6 Å². The molecule has 0 bridgehead atoms. The lowest BCUT2D eigenvalue weighted by atomic mass is 9.93. The predicted molar refractivity (Wildman–Crippen MR) is 110 cm³/mol. The van der Waals surface area contributed by atoms with Crippen LogP contribution in [0.1, 0.15) is 54.4 Å². The van der Waals surface area contributed by atoms with Crippen LogP contribution in [0.25, 0.3) is 0 Å². The van der Waals surface area contributed by atoms with E-state index in [0.717, 1.165) is 37.0 Å². The molecule has 0 saturated heterocycles. The van der Waals surface area contributed by atoms with Crippen LogP contribution in [0.15, 0.2) is 54.6 Å². The molecular formula is C23H27F3N2O3. The van der Waals surface area contributed by atoms with Crippen LogP contribution in [-0.4, -0.2) is 34.9 Å². The summed E-state index contributed by atoms with van der Waals surface area (Å²) in [5, 5.41) is 25.5. The van der Waals surface area contributed by atoms with Crippen molar-refractivity contribution < 1.29 is 28.2 Å². The van der Waals surface area contributed by atoms with Gasteiger partial charge in [-0.25, -0.2) is 4.79 Å². The third-order valence-electron chi connectivity index (χ3n) is 5.75. The molecule has 2 unspecified atom stereocenters. The Balaban J connectivity index is 1.57. The average Bonchev–Trinajstić information content (AvgIpc) is 3.21. The van der Waals surface area contributed by atoms with Gasteiger partial charge >= 0.3 is 12.2 Å². The minimum Gasteiger partial charge on any atom is -0.394 e. The van der Waals surface area contributed by atoms with Crippen molar-refractivity contribution in [3.05, 3.63) is 71.3 Å². The molecule has 0 aliphatic heterocycles. The summed E-state index contributed by atoms with van der Waals surface area (Å²) in [5.74, 6) is -0.0736. The zero-order valence-corrected chi connectivity index (χ0v) is 17.0. The van der Waals surface area contributed by atoms with Crippen molar-refractivity contribution in [2.45, 2.75) is 56.0 Å². The van der Waals surface area contributed by atoms with Gasteiger partial charge in [0.05, 0.1) is 24.3 Å². The standard InChI is InChI=1S/C23H27F3N2O3/c24-23(25,26)17-11-9-15(10-12-17)19-7-4-8-20(19)28-22(31)27-18(14-29)13-21(30)16-5-2-1-3-6-16/h1-3,5-6,9-12,18-21,29-30H,4,7-8,13-14H2,(H2,27,28,31)/t18?,19-,20+,21?/m0/s1. The second-order valence-electron chi connectivity index (χ2n) is 7.92. The molecule has 31 heavy (non-hydrogen) atoms. The van der Waals surface area contributed by atoms with Gasteiger partial charge in [-0.1, -0.05) is 48.9 Å². The summed E-state index contributed by atoms with van der Waals surface area (Å²) in [7, 11) is 0. The Labute approximate surface area is 179 Å². The Morgan fingerprint density at radius 2 is 1.74 bits per heavy atom. The van der Waals surface area contributed by atoms with Crippen LogP contribution in [0.5, 0.6) is 0 Å². The molecule has 8 heteroatoms. The Morgan fingerprint density at radius 3 is 2.35 bits per heavy atom. The minimum absolute atomic E-state index is 0.0736. The largest absolute Gasteiger partial charge is 0.416 e. The highest BCUT2D eigenvalue weighted by Crippen LogP contribution is 2.36. The fourth-order valence-corrected chi connectivity index (χ4v) is 4.11. The molecular weight excluding hydrogens is 409 g/mol. The van der Waals surface area contributed by atoms with Gasteiger partial charge < -0.3 is 20.8 Å². The number of aliphatic hydroxyl groups is 2. The number of carbonyl (C=O) groups excluding carboxylic acids is 1. The van der Waals surface area contributed by atoms with Crippen molar-refractivity contribution in [3.8, 4) is 0 Å². The second-order valence-corrected chi connectivity index (χ2v) is 7.92. The lowest BCUT2D eigenvalue weighted by Gasteiger charge is -2.25. The molecule has 1 fully saturated rings. The van der Waals surface area contributed by atoms with E-state index in [1.807, 2.05) is 6.07 Å². The maximum absolute atomic E-state index is 12.8. The highest BCUT2D eigenvalue weighted by atomic mass is 19.4. The van der Waals surface area contributed by atoms with E-state index >= 15 is 0 Å². The van der Waals surface area contributed by atoms with E-state index in [9.17, 15) is 28.2 Å². The number of nitrogens with one attached hydrogen (secondary N) is 2. The number of halogens is 3. The Morgan fingerprint density at radius 1 is 1.06 bits per heavy atom. The van der Waals surface area contributed by atoms with Gasteiger partial charge in [0.1, 0.15) is 0 Å². The lowest BCUT2D eigenvalue weighted by Crippen LogP contribution is -2.48. The number of alkyl halides is 3. The number of hydrogen-bond donors (Lipinski definition) is 4. The molecule has 4 N–H and O–H groups in total. The van der Waals surface area contributed by atoms with Crippen molar-refractivity contribution in [2.24, 2.45) is 0 Å². The number of benzene rings is 2. The number of aliphatic hydroxyl groups excluding tert-OH is 2. The van der Waals surface area contributed by atoms with Gasteiger partial charge in [0, 0.05) is 12.0 Å². The van der Waals surface area contributed by atoms with Crippen LogP contribution in [0, 0.1) is 0 Å². The fourth-order valence-electron chi connectivity index (χ4n) is 4.11. The van der Waals surface area contributed by atoms with Crippen LogP contribution >= 0.6 is 0 Å². The number of carbonyl (C=O) groups is 1. The average molecular weight is 436 g/mol. The summed E-state index contributed by atoms with van der Waals surface area (Å²) in [4.78, 5) is 12.5. The molecule has 168 valence electrons. The minimum atomic E-state index is -4.38. The Kier molecular flexibility index (Phi) is 7.56. The van der Waals surface area contributed by atoms with E-state index < -0.39 is 29.9 Å². The molecule has 1 saturated carbocycles. The van der Waals surface area contributed by atoms with Crippen molar-refractivity contribution in [1.82, 2.24) is 10.6 Å². The molecule has 2 aromatic carbocycles. The first-order valence-electron chi connectivity index (χ1n) is 10.4. The number of rotatable bonds is 7. The summed E-state index contributed by atoms with van der Waals surface area (Å²) in [6.45, 7) is -0.329. The van der Waals surface area contributed by atoms with E-state index in [1.165, 1.54) is 12.1 Å². The normalized spacial score (nSPS) is 20.8. The molecule has 2 amide bonds. The van der Waals surface area contributed by atoms with Crippen LogP contribution in [0.2, 0.25) is 0 Å². The molecule has 2 aromatic rings. The molecule has 1 aliphatic rings. The van der Waals surface area contributed by atoms with Crippen molar-refractivity contribution in [3.63, 3.8) is 0 Å². The van der Waals surface area contributed by atoms with Crippen molar-refractivity contribution in [1.29, 1.82) is 0 Å². The zero-order valence-electron chi connectivity index (χ0n) is 17.0. The first kappa shape index (κ1) is 23.1. The molecule has 0 spiro atoms. The SMILES string of the molecule is O=C(NC(CO)CC(O)c1ccccc1)N[C@@H]1CCC[C@H]1c1ccc(C(F)(F)F)cc1. The zero-order chi connectivity index (χ0) is 22.4. The molecule has 3 rings (SSSR count). The molecule has 1 aliphatic carbocycles. The van der Waals surface area contributed by atoms with Gasteiger partial charge in [-0.3, -0.25) is 0 Å². The third kappa shape index (κ3) is 6.21. The summed E-state index contributed by atoms with van der Waals surface area (Å²) < 4.78 is 38.4. The lowest BCUT2D eigenvalue weighted by molar-refractivity contribution is -0.137. The quantitative estimate of drug-likeness (QED) is 0.527. The first-order chi connectivity index (χ1) is 14.8. The number of urea groups is 1. The first-order valence-corrected chi connectivity index (χ1v) is 10.4. The summed E-state index contributed by atoms with van der Waals surface area (Å²) in [6, 6.07) is 12.7. The fraction of sp³-hybridized carbons (Fsp3) is 0.435. The van der Waals surface area contributed by atoms with Crippen LogP contribution in [0.3, 0.4) is 0 Å². The predicted octanol–water partition coefficient (Wildman–Crippen LogP) is 4.13. The van der Waals surface area contributed by atoms with Crippen LogP contribution < -0.4 is 10.6 Å². The molecule has 5 nitrogen and oxygen atoms in total. The Hall–Kier alpha value is -2.58. The third-order valence-corrected chi connectivity index (χ3v) is 5.75.